The third-order valence-corrected chi connectivity index (χ3v) is 8.00. The molecule has 1 aliphatic rings. The molecule has 0 N–H and O–H groups in total. The zero-order valence-corrected chi connectivity index (χ0v) is 21.2. The Kier molecular flexibility index (Phi) is 17.5. The van der Waals surface area contributed by atoms with Crippen molar-refractivity contribution in [3.8, 4) is 0 Å². The zero-order chi connectivity index (χ0) is 21.2. The SMILES string of the molecule is CCCCCC(CCCCC)C[C@H]1CCCC[C@H]1C(CCCCC)CCCCC. The summed E-state index contributed by atoms with van der Waals surface area (Å²) in [5, 5.41) is 0. The van der Waals surface area contributed by atoms with Crippen molar-refractivity contribution >= 4 is 0 Å². The molecular formula is C29H58. The van der Waals surface area contributed by atoms with Gasteiger partial charge in [0, 0.05) is 0 Å². The maximum absolute atomic E-state index is 2.37. The Balaban J connectivity index is 2.70. The molecule has 0 aliphatic heterocycles. The van der Waals surface area contributed by atoms with Gasteiger partial charge in [-0.15, -0.1) is 0 Å². The number of rotatable bonds is 19. The van der Waals surface area contributed by atoms with Crippen LogP contribution >= 0.6 is 0 Å². The molecule has 0 unspecified atom stereocenters. The van der Waals surface area contributed by atoms with Crippen LogP contribution in [0.25, 0.3) is 0 Å². The largest absolute Gasteiger partial charge is 0.0654 e. The Morgan fingerprint density at radius 1 is 0.552 bits per heavy atom. The first-order valence-electron chi connectivity index (χ1n) is 14.3. The predicted octanol–water partition coefficient (Wildman–Crippen LogP) is 10.7. The quantitative estimate of drug-likeness (QED) is 0.187. The lowest BCUT2D eigenvalue weighted by Crippen LogP contribution is -2.29. The molecular weight excluding hydrogens is 348 g/mol. The van der Waals surface area contributed by atoms with Gasteiger partial charge in [-0.2, -0.15) is 0 Å². The molecule has 0 heteroatoms. The minimum Gasteiger partial charge on any atom is -0.0654 e. The molecule has 0 nitrogen and oxygen atoms in total. The van der Waals surface area contributed by atoms with Crippen LogP contribution in [0, 0.1) is 23.7 Å². The van der Waals surface area contributed by atoms with Gasteiger partial charge in [-0.25, -0.2) is 0 Å². The second-order valence-electron chi connectivity index (χ2n) is 10.6. The standard InChI is InChI=1S/C29H58/c1-5-9-13-19-26(20-14-10-6-2)25-28-23-17-18-24-29(28)27(21-15-11-7-3)22-16-12-8-4/h26-29H,5-25H2,1-4H3/t28-,29+/m1/s1. The first-order valence-corrected chi connectivity index (χ1v) is 14.3. The van der Waals surface area contributed by atoms with Gasteiger partial charge in [0.2, 0.25) is 0 Å². The second-order valence-corrected chi connectivity index (χ2v) is 10.6. The van der Waals surface area contributed by atoms with Crippen LogP contribution in [0.15, 0.2) is 0 Å². The summed E-state index contributed by atoms with van der Waals surface area (Å²) in [5.41, 5.74) is 0. The van der Waals surface area contributed by atoms with Crippen molar-refractivity contribution < 1.29 is 0 Å². The minimum absolute atomic E-state index is 1.03. The highest BCUT2D eigenvalue weighted by molar-refractivity contribution is 4.83. The summed E-state index contributed by atoms with van der Waals surface area (Å²) in [6.07, 6.45) is 31.2. The average Bonchev–Trinajstić information content (AvgIpc) is 2.73. The van der Waals surface area contributed by atoms with E-state index in [9.17, 15) is 0 Å². The molecule has 174 valence electrons. The first-order chi connectivity index (χ1) is 14.3. The van der Waals surface area contributed by atoms with Gasteiger partial charge < -0.3 is 0 Å². The smallest absolute Gasteiger partial charge is 0.0357 e. The number of unbranched alkanes of at least 4 members (excludes halogenated alkanes) is 8. The van der Waals surface area contributed by atoms with Crippen LogP contribution in [0.2, 0.25) is 0 Å². The number of hydrogen-bond donors (Lipinski definition) is 0. The van der Waals surface area contributed by atoms with Gasteiger partial charge >= 0.3 is 0 Å². The molecule has 2 atom stereocenters. The van der Waals surface area contributed by atoms with Crippen LogP contribution in [0.4, 0.5) is 0 Å². The topological polar surface area (TPSA) is 0 Å². The van der Waals surface area contributed by atoms with E-state index in [1.165, 1.54) is 116 Å². The lowest BCUT2D eigenvalue weighted by Gasteiger charge is -2.39. The maximum Gasteiger partial charge on any atom is -0.0357 e. The van der Waals surface area contributed by atoms with Crippen LogP contribution in [-0.4, -0.2) is 0 Å². The molecule has 0 spiro atoms. The summed E-state index contributed by atoms with van der Waals surface area (Å²) in [6, 6.07) is 0. The molecule has 1 fully saturated rings. The summed E-state index contributed by atoms with van der Waals surface area (Å²) in [5.74, 6) is 4.21. The fourth-order valence-electron chi connectivity index (χ4n) is 6.21. The molecule has 0 aromatic rings. The molecule has 0 bridgehead atoms. The van der Waals surface area contributed by atoms with Crippen molar-refractivity contribution in [2.75, 3.05) is 0 Å². The van der Waals surface area contributed by atoms with E-state index in [1.807, 2.05) is 0 Å². The molecule has 29 heavy (non-hydrogen) atoms. The Hall–Kier alpha value is 0. The van der Waals surface area contributed by atoms with Gasteiger partial charge in [0.05, 0.1) is 0 Å². The van der Waals surface area contributed by atoms with E-state index in [2.05, 4.69) is 27.7 Å². The molecule has 0 radical (unpaired) electrons. The van der Waals surface area contributed by atoms with Gasteiger partial charge in [0.1, 0.15) is 0 Å². The Morgan fingerprint density at radius 3 is 1.48 bits per heavy atom. The second kappa shape index (κ2) is 18.7. The van der Waals surface area contributed by atoms with Crippen molar-refractivity contribution in [3.63, 3.8) is 0 Å². The fraction of sp³-hybridized carbons (Fsp3) is 1.00. The molecule has 1 rings (SSSR count). The van der Waals surface area contributed by atoms with Crippen molar-refractivity contribution in [1.29, 1.82) is 0 Å². The van der Waals surface area contributed by atoms with Gasteiger partial charge in [-0.05, 0) is 36.5 Å². The molecule has 0 heterocycles. The van der Waals surface area contributed by atoms with Crippen molar-refractivity contribution in [1.82, 2.24) is 0 Å². The Morgan fingerprint density at radius 2 is 1.00 bits per heavy atom. The summed E-state index contributed by atoms with van der Waals surface area (Å²) in [6.45, 7) is 9.46. The highest BCUT2D eigenvalue weighted by Crippen LogP contribution is 2.43. The van der Waals surface area contributed by atoms with Gasteiger partial charge in [0.15, 0.2) is 0 Å². The Bertz CT molecular complexity index is 313. The maximum atomic E-state index is 2.37. The lowest BCUT2D eigenvalue weighted by atomic mass is 9.66. The van der Waals surface area contributed by atoms with Crippen molar-refractivity contribution in [2.45, 2.75) is 163 Å². The fourth-order valence-corrected chi connectivity index (χ4v) is 6.21. The Labute approximate surface area is 186 Å². The molecule has 0 aromatic carbocycles. The van der Waals surface area contributed by atoms with Crippen LogP contribution in [0.5, 0.6) is 0 Å². The number of hydrogen-bond acceptors (Lipinski definition) is 0. The lowest BCUT2D eigenvalue weighted by molar-refractivity contribution is 0.114. The summed E-state index contributed by atoms with van der Waals surface area (Å²) >= 11 is 0. The van der Waals surface area contributed by atoms with Crippen LogP contribution < -0.4 is 0 Å². The van der Waals surface area contributed by atoms with E-state index in [4.69, 9.17) is 0 Å². The van der Waals surface area contributed by atoms with Crippen molar-refractivity contribution in [3.05, 3.63) is 0 Å². The predicted molar refractivity (Wildman–Crippen MR) is 134 cm³/mol. The van der Waals surface area contributed by atoms with E-state index < -0.39 is 0 Å². The third kappa shape index (κ3) is 12.4. The van der Waals surface area contributed by atoms with E-state index in [1.54, 1.807) is 19.3 Å². The molecule has 0 aromatic heterocycles. The molecule has 1 aliphatic carbocycles. The summed E-state index contributed by atoms with van der Waals surface area (Å²) in [7, 11) is 0. The third-order valence-electron chi connectivity index (χ3n) is 8.00. The van der Waals surface area contributed by atoms with E-state index in [0.29, 0.717) is 0 Å². The zero-order valence-electron chi connectivity index (χ0n) is 21.2. The van der Waals surface area contributed by atoms with Crippen LogP contribution in [-0.2, 0) is 0 Å². The highest BCUT2D eigenvalue weighted by Gasteiger charge is 2.32. The van der Waals surface area contributed by atoms with Crippen LogP contribution in [0.1, 0.15) is 163 Å². The average molecular weight is 407 g/mol. The van der Waals surface area contributed by atoms with Crippen LogP contribution in [0.3, 0.4) is 0 Å². The summed E-state index contributed by atoms with van der Waals surface area (Å²) < 4.78 is 0. The monoisotopic (exact) mass is 406 g/mol. The molecule has 1 saturated carbocycles. The van der Waals surface area contributed by atoms with E-state index >= 15 is 0 Å². The van der Waals surface area contributed by atoms with E-state index in [-0.39, 0.29) is 0 Å². The minimum atomic E-state index is 1.03. The molecule has 0 amide bonds. The first kappa shape index (κ1) is 27.0. The van der Waals surface area contributed by atoms with E-state index in [0.717, 1.165) is 23.7 Å². The molecule has 0 saturated heterocycles. The van der Waals surface area contributed by atoms with Gasteiger partial charge in [-0.1, -0.05) is 150 Å². The van der Waals surface area contributed by atoms with Crippen molar-refractivity contribution in [2.24, 2.45) is 23.7 Å². The summed E-state index contributed by atoms with van der Waals surface area (Å²) in [4.78, 5) is 0. The normalized spacial score (nSPS) is 20.1. The highest BCUT2D eigenvalue weighted by atomic mass is 14.4. The van der Waals surface area contributed by atoms with Gasteiger partial charge in [-0.3, -0.25) is 0 Å². The van der Waals surface area contributed by atoms with Gasteiger partial charge in [0.25, 0.3) is 0 Å².